The molecule has 0 aromatic heterocycles. The van der Waals surface area contributed by atoms with Gasteiger partial charge in [0.25, 0.3) is 5.69 Å². The number of nitrogens with one attached hydrogen (secondary N) is 1. The highest BCUT2D eigenvalue weighted by molar-refractivity contribution is 5.42. The van der Waals surface area contributed by atoms with E-state index < -0.39 is 5.60 Å². The van der Waals surface area contributed by atoms with Gasteiger partial charge in [0, 0.05) is 37.7 Å². The van der Waals surface area contributed by atoms with Crippen LogP contribution in [0.5, 0.6) is 0 Å². The van der Waals surface area contributed by atoms with E-state index in [1.54, 1.807) is 19.1 Å². The Hall–Kier alpha value is -1.50. The fraction of sp³-hybridized carbons (Fsp3) is 0.571. The van der Waals surface area contributed by atoms with Crippen LogP contribution in [0.4, 0.5) is 5.69 Å². The van der Waals surface area contributed by atoms with Crippen molar-refractivity contribution in [1.29, 1.82) is 0 Å². The number of hydrogen-bond donors (Lipinski definition) is 2. The van der Waals surface area contributed by atoms with Gasteiger partial charge in [0.1, 0.15) is 5.60 Å². The molecule has 1 aliphatic heterocycles. The lowest BCUT2D eigenvalue weighted by atomic mass is 9.96. The summed E-state index contributed by atoms with van der Waals surface area (Å²) in [5.74, 6) is 0. The lowest BCUT2D eigenvalue weighted by Crippen LogP contribution is -2.45. The Labute approximate surface area is 117 Å². The Morgan fingerprint density at radius 3 is 2.95 bits per heavy atom. The summed E-state index contributed by atoms with van der Waals surface area (Å²) >= 11 is 0. The third-order valence-electron chi connectivity index (χ3n) is 3.89. The van der Waals surface area contributed by atoms with E-state index >= 15 is 0 Å². The largest absolute Gasteiger partial charge is 0.386 e. The highest BCUT2D eigenvalue weighted by Crippen LogP contribution is 2.25. The third kappa shape index (κ3) is 3.15. The zero-order valence-corrected chi connectivity index (χ0v) is 11.8. The number of nitrogens with zero attached hydrogens (tertiary/aromatic N) is 1. The zero-order valence-electron chi connectivity index (χ0n) is 11.8. The van der Waals surface area contributed by atoms with Gasteiger partial charge in [-0.1, -0.05) is 12.1 Å². The van der Waals surface area contributed by atoms with Crippen LogP contribution in [-0.4, -0.2) is 34.9 Å². The van der Waals surface area contributed by atoms with Gasteiger partial charge in [-0.2, -0.15) is 0 Å². The van der Waals surface area contributed by atoms with Crippen LogP contribution >= 0.6 is 0 Å². The fourth-order valence-electron chi connectivity index (χ4n) is 2.39. The fourth-order valence-corrected chi connectivity index (χ4v) is 2.39. The SMILES string of the molecule is Cc1ccc(CNCC2(O)CCOC2C)cc1[N+](=O)[O-]. The number of nitro groups is 1. The molecule has 6 heteroatoms. The van der Waals surface area contributed by atoms with Gasteiger partial charge in [0.2, 0.25) is 0 Å². The van der Waals surface area contributed by atoms with E-state index in [0.717, 1.165) is 5.56 Å². The first-order valence-electron chi connectivity index (χ1n) is 6.71. The van der Waals surface area contributed by atoms with Crippen LogP contribution in [0.25, 0.3) is 0 Å². The van der Waals surface area contributed by atoms with Crippen LogP contribution in [0.15, 0.2) is 18.2 Å². The Morgan fingerprint density at radius 2 is 2.35 bits per heavy atom. The van der Waals surface area contributed by atoms with E-state index in [-0.39, 0.29) is 16.7 Å². The Balaban J connectivity index is 1.94. The molecule has 1 saturated heterocycles. The van der Waals surface area contributed by atoms with E-state index in [1.807, 2.05) is 13.0 Å². The molecule has 1 aliphatic rings. The maximum atomic E-state index is 10.9. The van der Waals surface area contributed by atoms with E-state index in [1.165, 1.54) is 0 Å². The molecule has 0 bridgehead atoms. The molecule has 0 saturated carbocycles. The highest BCUT2D eigenvalue weighted by Gasteiger charge is 2.38. The molecule has 1 fully saturated rings. The lowest BCUT2D eigenvalue weighted by molar-refractivity contribution is -0.385. The number of rotatable bonds is 5. The van der Waals surface area contributed by atoms with Gasteiger partial charge in [-0.3, -0.25) is 10.1 Å². The summed E-state index contributed by atoms with van der Waals surface area (Å²) in [6.07, 6.45) is 0.414. The third-order valence-corrected chi connectivity index (χ3v) is 3.89. The molecule has 110 valence electrons. The van der Waals surface area contributed by atoms with Crippen molar-refractivity contribution in [3.63, 3.8) is 0 Å². The molecular weight excluding hydrogens is 260 g/mol. The molecule has 6 nitrogen and oxygen atoms in total. The van der Waals surface area contributed by atoms with Gasteiger partial charge < -0.3 is 15.2 Å². The molecule has 2 atom stereocenters. The first-order valence-corrected chi connectivity index (χ1v) is 6.71. The molecule has 0 amide bonds. The second-order valence-electron chi connectivity index (χ2n) is 5.35. The Morgan fingerprint density at radius 1 is 1.60 bits per heavy atom. The number of aliphatic hydroxyl groups is 1. The van der Waals surface area contributed by atoms with Crippen molar-refractivity contribution in [3.05, 3.63) is 39.4 Å². The molecule has 1 aromatic carbocycles. The number of aryl methyl sites for hydroxylation is 1. The van der Waals surface area contributed by atoms with Crippen LogP contribution in [0, 0.1) is 17.0 Å². The van der Waals surface area contributed by atoms with Gasteiger partial charge in [-0.05, 0) is 19.4 Å². The average Bonchev–Trinajstić information content (AvgIpc) is 2.71. The predicted octanol–water partition coefficient (Wildman–Crippen LogP) is 1.53. The normalized spacial score (nSPS) is 25.9. The topological polar surface area (TPSA) is 84.6 Å². The second-order valence-corrected chi connectivity index (χ2v) is 5.35. The van der Waals surface area contributed by atoms with E-state index in [4.69, 9.17) is 4.74 Å². The van der Waals surface area contributed by atoms with Gasteiger partial charge in [0.15, 0.2) is 0 Å². The Kier molecular flexibility index (Phi) is 4.37. The molecule has 20 heavy (non-hydrogen) atoms. The molecule has 2 unspecified atom stereocenters. The second kappa shape index (κ2) is 5.87. The van der Waals surface area contributed by atoms with Crippen LogP contribution in [0.3, 0.4) is 0 Å². The minimum Gasteiger partial charge on any atom is -0.386 e. The van der Waals surface area contributed by atoms with Gasteiger partial charge in [0.05, 0.1) is 11.0 Å². The van der Waals surface area contributed by atoms with E-state index in [2.05, 4.69) is 5.32 Å². The summed E-state index contributed by atoms with van der Waals surface area (Å²) < 4.78 is 5.36. The van der Waals surface area contributed by atoms with Crippen molar-refractivity contribution < 1.29 is 14.8 Å². The molecular formula is C14H20N2O4. The Bertz CT molecular complexity index is 506. The van der Waals surface area contributed by atoms with Gasteiger partial charge >= 0.3 is 0 Å². The number of benzene rings is 1. The summed E-state index contributed by atoms with van der Waals surface area (Å²) in [6.45, 7) is 5.03. The van der Waals surface area contributed by atoms with E-state index in [9.17, 15) is 15.2 Å². The van der Waals surface area contributed by atoms with Crippen molar-refractivity contribution in [2.24, 2.45) is 0 Å². The predicted molar refractivity (Wildman–Crippen MR) is 74.5 cm³/mol. The molecule has 2 rings (SSSR count). The standard InChI is InChI=1S/C14H20N2O4/c1-10-3-4-12(7-13(10)16(18)19)8-15-9-14(17)5-6-20-11(14)2/h3-4,7,11,15,17H,5-6,8-9H2,1-2H3. The molecule has 0 aliphatic carbocycles. The van der Waals surface area contributed by atoms with Crippen LogP contribution in [-0.2, 0) is 11.3 Å². The first kappa shape index (κ1) is 14.9. The van der Waals surface area contributed by atoms with Crippen LogP contribution in [0.2, 0.25) is 0 Å². The maximum absolute atomic E-state index is 10.9. The maximum Gasteiger partial charge on any atom is 0.272 e. The summed E-state index contributed by atoms with van der Waals surface area (Å²) in [6, 6.07) is 5.17. The first-order chi connectivity index (χ1) is 9.42. The van der Waals surface area contributed by atoms with Gasteiger partial charge in [-0.15, -0.1) is 0 Å². The average molecular weight is 280 g/mol. The molecule has 0 radical (unpaired) electrons. The summed E-state index contributed by atoms with van der Waals surface area (Å²) in [5, 5.41) is 24.4. The van der Waals surface area contributed by atoms with E-state index in [0.29, 0.717) is 31.7 Å². The summed E-state index contributed by atoms with van der Waals surface area (Å²) in [4.78, 5) is 10.5. The van der Waals surface area contributed by atoms with Crippen LogP contribution in [0.1, 0.15) is 24.5 Å². The minimum atomic E-state index is -0.851. The smallest absolute Gasteiger partial charge is 0.272 e. The van der Waals surface area contributed by atoms with Crippen molar-refractivity contribution in [1.82, 2.24) is 5.32 Å². The number of ether oxygens (including phenoxy) is 1. The van der Waals surface area contributed by atoms with Crippen molar-refractivity contribution >= 4 is 5.69 Å². The monoisotopic (exact) mass is 280 g/mol. The molecule has 0 spiro atoms. The van der Waals surface area contributed by atoms with Crippen molar-refractivity contribution in [3.8, 4) is 0 Å². The number of hydrogen-bond acceptors (Lipinski definition) is 5. The lowest BCUT2D eigenvalue weighted by Gasteiger charge is -2.26. The van der Waals surface area contributed by atoms with Crippen LogP contribution < -0.4 is 5.32 Å². The summed E-state index contributed by atoms with van der Waals surface area (Å²) in [5.41, 5.74) is 0.754. The number of nitro benzene ring substituents is 1. The molecule has 1 aromatic rings. The quantitative estimate of drug-likeness (QED) is 0.631. The minimum absolute atomic E-state index is 0.126. The van der Waals surface area contributed by atoms with Gasteiger partial charge in [-0.25, -0.2) is 0 Å². The highest BCUT2D eigenvalue weighted by atomic mass is 16.6. The zero-order chi connectivity index (χ0) is 14.8. The molecule has 2 N–H and O–H groups in total. The summed E-state index contributed by atoms with van der Waals surface area (Å²) in [7, 11) is 0. The van der Waals surface area contributed by atoms with Crippen molar-refractivity contribution in [2.75, 3.05) is 13.2 Å². The van der Waals surface area contributed by atoms with Crippen molar-refractivity contribution in [2.45, 2.75) is 38.5 Å². The molecule has 1 heterocycles.